The maximum Gasteiger partial charge on any atom is 0.469 e. The van der Waals surface area contributed by atoms with Crippen LogP contribution >= 0.6 is 7.82 Å². The summed E-state index contributed by atoms with van der Waals surface area (Å²) < 4.78 is 13.6. The molecule has 0 unspecified atom stereocenters. The normalized spacial score (nSPS) is 11.4. The van der Waals surface area contributed by atoms with E-state index < -0.39 is 7.82 Å². The first-order chi connectivity index (χ1) is 9.10. The van der Waals surface area contributed by atoms with Gasteiger partial charge in [-0.05, 0) is 29.9 Å². The zero-order valence-electron chi connectivity index (χ0n) is 12.7. The van der Waals surface area contributed by atoms with Crippen LogP contribution in [0.15, 0.2) is 18.2 Å². The Labute approximate surface area is 120 Å². The molecule has 0 heterocycles. The summed E-state index contributed by atoms with van der Waals surface area (Å²) in [5, 5.41) is 9.93. The van der Waals surface area contributed by atoms with Crippen molar-refractivity contribution in [1.29, 1.82) is 0 Å². The molecule has 0 fully saturated rings. The Hall–Kier alpha value is -0.870. The van der Waals surface area contributed by atoms with E-state index in [1.807, 2.05) is 18.2 Å². The van der Waals surface area contributed by atoms with Crippen LogP contribution in [0.1, 0.15) is 57.6 Å². The summed E-state index contributed by atoms with van der Waals surface area (Å²) in [4.78, 5) is 15.8. The lowest BCUT2D eigenvalue weighted by molar-refractivity contribution is 0.206. The predicted octanol–water partition coefficient (Wildman–Crippen LogP) is 3.75. The van der Waals surface area contributed by atoms with Crippen molar-refractivity contribution in [1.82, 2.24) is 0 Å². The first-order valence-electron chi connectivity index (χ1n) is 6.62. The highest BCUT2D eigenvalue weighted by molar-refractivity contribution is 7.46. The van der Waals surface area contributed by atoms with Crippen molar-refractivity contribution in [3.05, 3.63) is 29.3 Å². The number of phosphoric ester groups is 1. The lowest BCUT2D eigenvalue weighted by Gasteiger charge is -2.14. The molecule has 116 valence electrons. The van der Waals surface area contributed by atoms with Crippen molar-refractivity contribution < 1.29 is 24.0 Å². The van der Waals surface area contributed by atoms with E-state index in [1.54, 1.807) is 0 Å². The number of aromatic hydroxyl groups is 1. The molecule has 1 aromatic carbocycles. The first-order valence-corrected chi connectivity index (χ1v) is 8.15. The monoisotopic (exact) mass is 304 g/mol. The molecule has 20 heavy (non-hydrogen) atoms. The van der Waals surface area contributed by atoms with Gasteiger partial charge in [-0.1, -0.05) is 45.9 Å². The van der Waals surface area contributed by atoms with E-state index in [4.69, 9.17) is 9.79 Å². The van der Waals surface area contributed by atoms with Gasteiger partial charge in [-0.25, -0.2) is 4.57 Å². The van der Waals surface area contributed by atoms with Crippen LogP contribution in [-0.4, -0.2) is 21.5 Å². The van der Waals surface area contributed by atoms with Gasteiger partial charge in [0.05, 0.1) is 6.61 Å². The van der Waals surface area contributed by atoms with Crippen molar-refractivity contribution in [2.24, 2.45) is 0 Å². The van der Waals surface area contributed by atoms with Crippen molar-refractivity contribution in [2.45, 2.75) is 46.5 Å². The third kappa shape index (κ3) is 7.06. The summed E-state index contributed by atoms with van der Waals surface area (Å²) in [5.41, 5.74) is 2.09. The number of phenolic OH excluding ortho intramolecular Hbond substituents is 1. The molecular formula is C14H25O5P. The second-order valence-corrected chi connectivity index (χ2v) is 6.24. The Morgan fingerprint density at radius 3 is 1.70 bits per heavy atom. The van der Waals surface area contributed by atoms with Crippen LogP contribution in [0.3, 0.4) is 0 Å². The zero-order valence-corrected chi connectivity index (χ0v) is 13.6. The zero-order chi connectivity index (χ0) is 15.9. The van der Waals surface area contributed by atoms with Crippen LogP contribution in [0, 0.1) is 0 Å². The summed E-state index contributed by atoms with van der Waals surface area (Å²) in [5.74, 6) is 1.25. The number of benzene rings is 1. The smallest absolute Gasteiger partial charge is 0.469 e. The standard InChI is InChI=1S/C12H18O.C2H7O4P/c1-8(2)10-6-5-7-11(9(3)4)12(10)13;1-2-6-7(3,4)5/h5-9,13H,1-4H3;2H2,1H3,(H2,3,4,5). The average molecular weight is 304 g/mol. The number of phosphoric acid groups is 1. The molecule has 1 rings (SSSR count). The van der Waals surface area contributed by atoms with Crippen LogP contribution in [0.2, 0.25) is 0 Å². The molecule has 0 aliphatic rings. The Morgan fingerprint density at radius 1 is 1.10 bits per heavy atom. The molecule has 0 saturated heterocycles. The average Bonchev–Trinajstić information content (AvgIpc) is 2.27. The molecule has 5 nitrogen and oxygen atoms in total. The second-order valence-electron chi connectivity index (χ2n) is 5.00. The fraction of sp³-hybridized carbons (Fsp3) is 0.571. The number of phenols is 1. The highest BCUT2D eigenvalue weighted by atomic mass is 31.2. The van der Waals surface area contributed by atoms with Gasteiger partial charge >= 0.3 is 7.82 Å². The van der Waals surface area contributed by atoms with E-state index in [1.165, 1.54) is 6.92 Å². The molecule has 0 saturated carbocycles. The van der Waals surface area contributed by atoms with Crippen LogP contribution < -0.4 is 0 Å². The van der Waals surface area contributed by atoms with Gasteiger partial charge in [0.25, 0.3) is 0 Å². The fourth-order valence-corrected chi connectivity index (χ4v) is 2.02. The molecule has 1 aromatic rings. The van der Waals surface area contributed by atoms with Gasteiger partial charge in [0.2, 0.25) is 0 Å². The lowest BCUT2D eigenvalue weighted by Crippen LogP contribution is -1.94. The molecule has 0 aliphatic carbocycles. The van der Waals surface area contributed by atoms with E-state index in [0.29, 0.717) is 17.6 Å². The largest absolute Gasteiger partial charge is 0.507 e. The van der Waals surface area contributed by atoms with E-state index in [-0.39, 0.29) is 6.61 Å². The Morgan fingerprint density at radius 2 is 1.50 bits per heavy atom. The van der Waals surface area contributed by atoms with Gasteiger partial charge in [0.15, 0.2) is 0 Å². The van der Waals surface area contributed by atoms with E-state index in [9.17, 15) is 9.67 Å². The summed E-state index contributed by atoms with van der Waals surface area (Å²) in [6.07, 6.45) is 0. The molecular weight excluding hydrogens is 279 g/mol. The van der Waals surface area contributed by atoms with Gasteiger partial charge < -0.3 is 14.9 Å². The minimum absolute atomic E-state index is 0.0459. The quantitative estimate of drug-likeness (QED) is 0.737. The van der Waals surface area contributed by atoms with Crippen molar-refractivity contribution in [2.75, 3.05) is 6.61 Å². The SMILES string of the molecule is CC(C)c1cccc(C(C)C)c1O.CCOP(=O)(O)O. The van der Waals surface area contributed by atoms with Crippen LogP contribution in [-0.2, 0) is 9.09 Å². The highest BCUT2D eigenvalue weighted by Gasteiger charge is 2.11. The van der Waals surface area contributed by atoms with Crippen LogP contribution in [0.25, 0.3) is 0 Å². The fourth-order valence-electron chi connectivity index (χ4n) is 1.68. The number of hydrogen-bond acceptors (Lipinski definition) is 3. The van der Waals surface area contributed by atoms with Gasteiger partial charge in [-0.2, -0.15) is 0 Å². The van der Waals surface area contributed by atoms with Gasteiger partial charge in [-0.15, -0.1) is 0 Å². The molecule has 0 spiro atoms. The van der Waals surface area contributed by atoms with Gasteiger partial charge in [0, 0.05) is 0 Å². The van der Waals surface area contributed by atoms with Gasteiger partial charge in [0.1, 0.15) is 5.75 Å². The van der Waals surface area contributed by atoms with Crippen molar-refractivity contribution in [3.8, 4) is 5.75 Å². The minimum atomic E-state index is -4.17. The molecule has 0 radical (unpaired) electrons. The van der Waals surface area contributed by atoms with Gasteiger partial charge in [-0.3, -0.25) is 4.52 Å². The number of para-hydroxylation sites is 1. The molecule has 0 atom stereocenters. The van der Waals surface area contributed by atoms with E-state index >= 15 is 0 Å². The molecule has 0 amide bonds. The molecule has 6 heteroatoms. The minimum Gasteiger partial charge on any atom is -0.507 e. The molecule has 0 aromatic heterocycles. The Bertz CT molecular complexity index is 425. The Balaban J connectivity index is 0.000000441. The third-order valence-corrected chi connectivity index (χ3v) is 3.23. The lowest BCUT2D eigenvalue weighted by atomic mass is 9.94. The second kappa shape index (κ2) is 8.42. The topological polar surface area (TPSA) is 87.0 Å². The Kier molecular flexibility index (Phi) is 8.06. The van der Waals surface area contributed by atoms with E-state index in [0.717, 1.165) is 11.1 Å². The van der Waals surface area contributed by atoms with Crippen molar-refractivity contribution >= 4 is 7.82 Å². The summed E-state index contributed by atoms with van der Waals surface area (Å²) in [6.45, 7) is 9.94. The number of rotatable bonds is 4. The summed E-state index contributed by atoms with van der Waals surface area (Å²) in [7, 11) is -4.17. The predicted molar refractivity (Wildman–Crippen MR) is 80.0 cm³/mol. The summed E-state index contributed by atoms with van der Waals surface area (Å²) >= 11 is 0. The molecule has 0 bridgehead atoms. The maximum absolute atomic E-state index is 9.93. The molecule has 3 N–H and O–H groups in total. The third-order valence-electron chi connectivity index (χ3n) is 2.64. The van der Waals surface area contributed by atoms with Crippen LogP contribution in [0.5, 0.6) is 5.75 Å². The maximum atomic E-state index is 9.93. The van der Waals surface area contributed by atoms with Crippen molar-refractivity contribution in [3.63, 3.8) is 0 Å². The highest BCUT2D eigenvalue weighted by Crippen LogP contribution is 2.35. The van der Waals surface area contributed by atoms with Crippen LogP contribution in [0.4, 0.5) is 0 Å². The first kappa shape index (κ1) is 19.1. The summed E-state index contributed by atoms with van der Waals surface area (Å²) in [6, 6.07) is 6.00. The van der Waals surface area contributed by atoms with E-state index in [2.05, 4.69) is 32.2 Å². The number of hydrogen-bond donors (Lipinski definition) is 3. The molecule has 0 aliphatic heterocycles.